The average molecular weight is 280 g/mol. The Hall–Kier alpha value is -2.46. The Morgan fingerprint density at radius 2 is 1.33 bits per heavy atom. The molecule has 0 aromatic heterocycles. The molecule has 2 amide bonds. The van der Waals surface area contributed by atoms with E-state index >= 15 is 0 Å². The Morgan fingerprint density at radius 1 is 0.810 bits per heavy atom. The van der Waals surface area contributed by atoms with Gasteiger partial charge in [0.1, 0.15) is 6.17 Å². The Labute approximate surface area is 123 Å². The van der Waals surface area contributed by atoms with Crippen molar-refractivity contribution in [3.8, 4) is 11.1 Å². The molecule has 0 bridgehead atoms. The van der Waals surface area contributed by atoms with Crippen molar-refractivity contribution in [1.29, 1.82) is 0 Å². The molecular weight excluding hydrogens is 264 g/mol. The molecule has 4 heteroatoms. The van der Waals surface area contributed by atoms with Crippen LogP contribution in [0.1, 0.15) is 24.6 Å². The predicted octanol–water partition coefficient (Wildman–Crippen LogP) is 2.46. The number of hydrogen-bond acceptors (Lipinski definition) is 3. The van der Waals surface area contributed by atoms with Crippen LogP contribution in [0.3, 0.4) is 0 Å². The first-order valence-corrected chi connectivity index (χ1v) is 6.92. The third kappa shape index (κ3) is 2.58. The highest BCUT2D eigenvalue weighted by Gasteiger charge is 2.33. The Morgan fingerprint density at radius 3 is 1.90 bits per heavy atom. The molecule has 4 nitrogen and oxygen atoms in total. The van der Waals surface area contributed by atoms with Gasteiger partial charge in [-0.15, -0.1) is 0 Å². The molecule has 1 aliphatic rings. The van der Waals surface area contributed by atoms with Gasteiger partial charge in [-0.2, -0.15) is 0 Å². The first-order chi connectivity index (χ1) is 10.2. The van der Waals surface area contributed by atoms with Crippen molar-refractivity contribution < 1.29 is 9.59 Å². The summed E-state index contributed by atoms with van der Waals surface area (Å²) in [6, 6.07) is 17.6. The van der Waals surface area contributed by atoms with Crippen LogP contribution in [0.2, 0.25) is 0 Å². The number of amides is 2. The fourth-order valence-electron chi connectivity index (χ4n) is 2.56. The van der Waals surface area contributed by atoms with Crippen LogP contribution >= 0.6 is 0 Å². The number of nitrogens with two attached hydrogens (primary N) is 1. The van der Waals surface area contributed by atoms with Crippen molar-refractivity contribution in [2.24, 2.45) is 5.73 Å². The van der Waals surface area contributed by atoms with Gasteiger partial charge < -0.3 is 5.73 Å². The second-order valence-electron chi connectivity index (χ2n) is 5.09. The molecule has 1 heterocycles. The molecule has 2 aromatic carbocycles. The van der Waals surface area contributed by atoms with E-state index in [-0.39, 0.29) is 24.7 Å². The van der Waals surface area contributed by atoms with E-state index < -0.39 is 6.17 Å². The molecule has 1 saturated heterocycles. The third-order valence-electron chi connectivity index (χ3n) is 3.73. The third-order valence-corrected chi connectivity index (χ3v) is 3.73. The van der Waals surface area contributed by atoms with Gasteiger partial charge in [0.05, 0.1) is 0 Å². The second-order valence-corrected chi connectivity index (χ2v) is 5.09. The highest BCUT2D eigenvalue weighted by Crippen LogP contribution is 2.25. The van der Waals surface area contributed by atoms with Gasteiger partial charge in [-0.3, -0.25) is 14.5 Å². The van der Waals surface area contributed by atoms with Crippen LogP contribution in [0.15, 0.2) is 54.6 Å². The zero-order valence-corrected chi connectivity index (χ0v) is 11.5. The van der Waals surface area contributed by atoms with Crippen LogP contribution in [0.4, 0.5) is 0 Å². The minimum Gasteiger partial charge on any atom is -0.307 e. The molecule has 2 aromatic rings. The first-order valence-electron chi connectivity index (χ1n) is 6.92. The van der Waals surface area contributed by atoms with Crippen LogP contribution < -0.4 is 5.73 Å². The maximum atomic E-state index is 11.7. The molecule has 0 aliphatic carbocycles. The second kappa shape index (κ2) is 5.50. The number of carbonyl (C=O) groups is 2. The summed E-state index contributed by atoms with van der Waals surface area (Å²) in [5, 5.41) is 0. The quantitative estimate of drug-likeness (QED) is 0.878. The summed E-state index contributed by atoms with van der Waals surface area (Å²) < 4.78 is 0. The van der Waals surface area contributed by atoms with Gasteiger partial charge in [-0.25, -0.2) is 0 Å². The highest BCUT2D eigenvalue weighted by molar-refractivity contribution is 6.02. The number of rotatable bonds is 3. The lowest BCUT2D eigenvalue weighted by molar-refractivity contribution is -0.141. The standard InChI is InChI=1S/C17H16N2O2/c18-17(19-15(20)10-11-16(19)21)14-8-6-13(7-9-14)12-4-2-1-3-5-12/h1-9,17H,10-11,18H2. The lowest BCUT2D eigenvalue weighted by atomic mass is 10.0. The molecule has 1 aliphatic heterocycles. The normalized spacial score (nSPS) is 16.3. The van der Waals surface area contributed by atoms with Gasteiger partial charge in [-0.05, 0) is 16.7 Å². The number of likely N-dealkylation sites (tertiary alicyclic amines) is 1. The van der Waals surface area contributed by atoms with Crippen molar-refractivity contribution in [3.63, 3.8) is 0 Å². The van der Waals surface area contributed by atoms with Gasteiger partial charge in [-0.1, -0.05) is 54.6 Å². The van der Waals surface area contributed by atoms with Gasteiger partial charge in [0.25, 0.3) is 0 Å². The van der Waals surface area contributed by atoms with E-state index in [4.69, 9.17) is 5.73 Å². The molecule has 0 spiro atoms. The number of carbonyl (C=O) groups excluding carboxylic acids is 2. The van der Waals surface area contributed by atoms with E-state index in [0.717, 1.165) is 21.6 Å². The number of benzene rings is 2. The van der Waals surface area contributed by atoms with Gasteiger partial charge in [0.2, 0.25) is 11.8 Å². The maximum absolute atomic E-state index is 11.7. The maximum Gasteiger partial charge on any atom is 0.231 e. The van der Waals surface area contributed by atoms with E-state index in [1.54, 1.807) is 0 Å². The monoisotopic (exact) mass is 280 g/mol. The fraction of sp³-hybridized carbons (Fsp3) is 0.176. The zero-order chi connectivity index (χ0) is 14.8. The molecule has 106 valence electrons. The van der Waals surface area contributed by atoms with Gasteiger partial charge >= 0.3 is 0 Å². The van der Waals surface area contributed by atoms with Crippen LogP contribution in [0.5, 0.6) is 0 Å². The minimum atomic E-state index is -0.697. The van der Waals surface area contributed by atoms with E-state index in [0.29, 0.717) is 0 Å². The van der Waals surface area contributed by atoms with Crippen molar-refractivity contribution in [2.45, 2.75) is 19.0 Å². The topological polar surface area (TPSA) is 63.4 Å². The van der Waals surface area contributed by atoms with E-state index in [9.17, 15) is 9.59 Å². The van der Waals surface area contributed by atoms with E-state index in [1.165, 1.54) is 0 Å². The van der Waals surface area contributed by atoms with E-state index in [1.807, 2.05) is 54.6 Å². The van der Waals surface area contributed by atoms with Crippen LogP contribution in [-0.4, -0.2) is 16.7 Å². The molecule has 0 saturated carbocycles. The SMILES string of the molecule is NC(c1ccc(-c2ccccc2)cc1)N1C(=O)CCC1=O. The Bertz CT molecular complexity index is 649. The lowest BCUT2D eigenvalue weighted by Gasteiger charge is -2.22. The minimum absolute atomic E-state index is 0.195. The molecule has 0 radical (unpaired) electrons. The smallest absolute Gasteiger partial charge is 0.231 e. The van der Waals surface area contributed by atoms with Crippen molar-refractivity contribution >= 4 is 11.8 Å². The lowest BCUT2D eigenvalue weighted by Crippen LogP contribution is -2.38. The largest absolute Gasteiger partial charge is 0.307 e. The molecule has 1 fully saturated rings. The summed E-state index contributed by atoms with van der Waals surface area (Å²) in [6.45, 7) is 0. The average Bonchev–Trinajstić information content (AvgIpc) is 2.87. The summed E-state index contributed by atoms with van der Waals surface area (Å²) in [7, 11) is 0. The molecule has 21 heavy (non-hydrogen) atoms. The summed E-state index contributed by atoms with van der Waals surface area (Å²) in [5.41, 5.74) is 9.01. The Kier molecular flexibility index (Phi) is 3.54. The van der Waals surface area contributed by atoms with Gasteiger partial charge in [0.15, 0.2) is 0 Å². The van der Waals surface area contributed by atoms with E-state index in [2.05, 4.69) is 0 Å². The van der Waals surface area contributed by atoms with Crippen LogP contribution in [0, 0.1) is 0 Å². The van der Waals surface area contributed by atoms with Crippen LogP contribution in [-0.2, 0) is 9.59 Å². The molecular formula is C17H16N2O2. The molecule has 2 N–H and O–H groups in total. The fourth-order valence-corrected chi connectivity index (χ4v) is 2.56. The zero-order valence-electron chi connectivity index (χ0n) is 11.5. The summed E-state index contributed by atoms with van der Waals surface area (Å²) in [5.74, 6) is -0.390. The summed E-state index contributed by atoms with van der Waals surface area (Å²) in [4.78, 5) is 24.6. The van der Waals surface area contributed by atoms with Crippen molar-refractivity contribution in [2.75, 3.05) is 0 Å². The van der Waals surface area contributed by atoms with Crippen LogP contribution in [0.25, 0.3) is 11.1 Å². The molecule has 3 rings (SSSR count). The highest BCUT2D eigenvalue weighted by atomic mass is 16.2. The number of nitrogens with zero attached hydrogens (tertiary/aromatic N) is 1. The van der Waals surface area contributed by atoms with Crippen molar-refractivity contribution in [3.05, 3.63) is 60.2 Å². The Balaban J connectivity index is 1.84. The van der Waals surface area contributed by atoms with Gasteiger partial charge in [0, 0.05) is 12.8 Å². The predicted molar refractivity (Wildman–Crippen MR) is 79.9 cm³/mol. The van der Waals surface area contributed by atoms with Crippen molar-refractivity contribution in [1.82, 2.24) is 4.90 Å². The summed E-state index contributed by atoms with van der Waals surface area (Å²) >= 11 is 0. The molecule has 1 atom stereocenters. The molecule has 1 unspecified atom stereocenters. The summed E-state index contributed by atoms with van der Waals surface area (Å²) in [6.07, 6.45) is -0.180. The first kappa shape index (κ1) is 13.5. The number of hydrogen-bond donors (Lipinski definition) is 1. The number of imide groups is 1.